The van der Waals surface area contributed by atoms with Crippen LogP contribution in [-0.4, -0.2) is 11.7 Å². The highest BCUT2D eigenvalue weighted by atomic mass is 15.2. The van der Waals surface area contributed by atoms with E-state index in [2.05, 4.69) is 140 Å². The van der Waals surface area contributed by atoms with Gasteiger partial charge in [0.2, 0.25) is 0 Å². The van der Waals surface area contributed by atoms with Crippen LogP contribution in [0.3, 0.4) is 0 Å². The quantitative estimate of drug-likeness (QED) is 0.208. The van der Waals surface area contributed by atoms with Crippen molar-refractivity contribution >= 4 is 68.0 Å². The number of fused-ring (bicyclic) bond motifs is 6. The van der Waals surface area contributed by atoms with Crippen LogP contribution in [0.5, 0.6) is 0 Å². The first kappa shape index (κ1) is 24.9. The van der Waals surface area contributed by atoms with Crippen molar-refractivity contribution in [2.24, 2.45) is 0 Å². The SMILES string of the molecule is Cc1ccc(N2c3cc(C)ccc3B3c4c2cc(C)cc4N(c2ccc(C)cc2)c2cc(C)c4cnccc4c23)cc1. The van der Waals surface area contributed by atoms with Gasteiger partial charge in [0.1, 0.15) is 0 Å². The van der Waals surface area contributed by atoms with E-state index >= 15 is 0 Å². The van der Waals surface area contributed by atoms with E-state index in [0.29, 0.717) is 0 Å². The van der Waals surface area contributed by atoms with Gasteiger partial charge in [-0.1, -0.05) is 47.5 Å². The molecule has 2 aliphatic heterocycles. The summed E-state index contributed by atoms with van der Waals surface area (Å²) in [7, 11) is 0. The Bertz CT molecular complexity index is 2030. The monoisotopic (exact) mass is 541 g/mol. The molecule has 3 nitrogen and oxygen atoms in total. The maximum absolute atomic E-state index is 4.54. The Labute approximate surface area is 248 Å². The summed E-state index contributed by atoms with van der Waals surface area (Å²) in [6.07, 6.45) is 3.98. The number of aryl methyl sites for hydroxylation is 5. The second-order valence-corrected chi connectivity index (χ2v) is 12.1. The molecule has 0 spiro atoms. The molecule has 4 heteroatoms. The summed E-state index contributed by atoms with van der Waals surface area (Å²) in [6.45, 7) is 11.0. The number of anilines is 6. The van der Waals surface area contributed by atoms with E-state index in [1.54, 1.807) is 0 Å². The molecular formula is C38H32BN3. The van der Waals surface area contributed by atoms with Gasteiger partial charge in [-0.05, 0) is 128 Å². The van der Waals surface area contributed by atoms with Gasteiger partial charge in [-0.15, -0.1) is 0 Å². The number of pyridine rings is 1. The van der Waals surface area contributed by atoms with Crippen LogP contribution in [0, 0.1) is 34.6 Å². The number of aromatic nitrogens is 1. The molecule has 0 unspecified atom stereocenters. The molecule has 2 aliphatic rings. The summed E-state index contributed by atoms with van der Waals surface area (Å²) in [5.41, 5.74) is 17.7. The predicted molar refractivity (Wildman–Crippen MR) is 179 cm³/mol. The number of hydrogen-bond donors (Lipinski definition) is 0. The fraction of sp³-hybridized carbons (Fsp3) is 0.132. The van der Waals surface area contributed by atoms with Gasteiger partial charge in [0.25, 0.3) is 6.71 Å². The number of benzene rings is 5. The zero-order chi connectivity index (χ0) is 28.7. The van der Waals surface area contributed by atoms with Crippen LogP contribution in [0.2, 0.25) is 0 Å². The van der Waals surface area contributed by atoms with Gasteiger partial charge >= 0.3 is 0 Å². The van der Waals surface area contributed by atoms with Crippen molar-refractivity contribution in [2.45, 2.75) is 34.6 Å². The Morgan fingerprint density at radius 1 is 0.500 bits per heavy atom. The molecule has 42 heavy (non-hydrogen) atoms. The molecule has 8 rings (SSSR count). The van der Waals surface area contributed by atoms with Gasteiger partial charge in [-0.3, -0.25) is 4.98 Å². The molecule has 1 aromatic heterocycles. The summed E-state index contributed by atoms with van der Waals surface area (Å²) in [5.74, 6) is 0. The summed E-state index contributed by atoms with van der Waals surface area (Å²) < 4.78 is 0. The lowest BCUT2D eigenvalue weighted by Gasteiger charge is -2.45. The van der Waals surface area contributed by atoms with Crippen LogP contribution in [0.4, 0.5) is 34.1 Å². The van der Waals surface area contributed by atoms with Gasteiger partial charge in [0, 0.05) is 51.9 Å². The standard InChI is InChI=1S/C38H32BN3/c1-23-6-11-28(12-7-23)41-33-18-25(3)10-15-32(33)39-37-30-16-17-40-22-31(30)27(5)21-36(37)42(29-13-8-24(2)9-14-29)35-20-26(4)19-34(41)38(35)39/h6-22H,1-5H3. The molecule has 202 valence electrons. The van der Waals surface area contributed by atoms with Crippen molar-refractivity contribution in [1.82, 2.24) is 4.98 Å². The van der Waals surface area contributed by atoms with E-state index in [-0.39, 0.29) is 6.71 Å². The van der Waals surface area contributed by atoms with Crippen LogP contribution in [-0.2, 0) is 0 Å². The average Bonchev–Trinajstić information content (AvgIpc) is 2.98. The number of hydrogen-bond acceptors (Lipinski definition) is 3. The van der Waals surface area contributed by atoms with Gasteiger partial charge in [0.05, 0.1) is 0 Å². The Kier molecular flexibility index (Phi) is 5.39. The first-order valence-corrected chi connectivity index (χ1v) is 14.7. The second-order valence-electron chi connectivity index (χ2n) is 12.1. The molecule has 0 amide bonds. The smallest absolute Gasteiger partial charge is 0.252 e. The molecule has 3 heterocycles. The van der Waals surface area contributed by atoms with Crippen LogP contribution in [0.1, 0.15) is 27.8 Å². The van der Waals surface area contributed by atoms with E-state index in [1.165, 1.54) is 89.1 Å². The molecule has 0 radical (unpaired) electrons. The second kappa shape index (κ2) is 9.09. The number of rotatable bonds is 2. The highest BCUT2D eigenvalue weighted by molar-refractivity contribution is 7.01. The molecule has 0 bridgehead atoms. The van der Waals surface area contributed by atoms with Crippen molar-refractivity contribution < 1.29 is 0 Å². The van der Waals surface area contributed by atoms with Crippen molar-refractivity contribution in [3.05, 3.63) is 131 Å². The van der Waals surface area contributed by atoms with Crippen molar-refractivity contribution in [3.8, 4) is 0 Å². The van der Waals surface area contributed by atoms with E-state index in [4.69, 9.17) is 0 Å². The predicted octanol–water partition coefficient (Wildman–Crippen LogP) is 7.86. The molecule has 0 saturated carbocycles. The molecular weight excluding hydrogens is 509 g/mol. The zero-order valence-corrected chi connectivity index (χ0v) is 24.7. The Balaban J connectivity index is 1.54. The maximum Gasteiger partial charge on any atom is 0.252 e. The lowest BCUT2D eigenvalue weighted by atomic mass is 9.33. The Hall–Kier alpha value is -4.83. The normalized spacial score (nSPS) is 13.2. The van der Waals surface area contributed by atoms with Gasteiger partial charge in [0.15, 0.2) is 0 Å². The lowest BCUT2D eigenvalue weighted by Crippen LogP contribution is -2.61. The first-order valence-electron chi connectivity index (χ1n) is 14.7. The molecule has 0 aliphatic carbocycles. The van der Waals surface area contributed by atoms with Gasteiger partial charge in [-0.2, -0.15) is 0 Å². The third kappa shape index (κ3) is 3.58. The van der Waals surface area contributed by atoms with E-state index < -0.39 is 0 Å². The van der Waals surface area contributed by atoms with E-state index in [1.807, 2.05) is 12.4 Å². The summed E-state index contributed by atoms with van der Waals surface area (Å²) in [6, 6.07) is 34.3. The Morgan fingerprint density at radius 2 is 1.05 bits per heavy atom. The van der Waals surface area contributed by atoms with Crippen LogP contribution in [0.15, 0.2) is 103 Å². The van der Waals surface area contributed by atoms with Crippen LogP contribution >= 0.6 is 0 Å². The topological polar surface area (TPSA) is 19.4 Å². The maximum atomic E-state index is 4.54. The summed E-state index contributed by atoms with van der Waals surface area (Å²) in [4.78, 5) is 9.52. The highest BCUT2D eigenvalue weighted by Gasteiger charge is 2.44. The minimum atomic E-state index is 0.0927. The van der Waals surface area contributed by atoms with Crippen LogP contribution in [0.25, 0.3) is 10.8 Å². The fourth-order valence-corrected chi connectivity index (χ4v) is 7.11. The van der Waals surface area contributed by atoms with E-state index in [0.717, 1.165) is 0 Å². The molecule has 0 atom stereocenters. The number of nitrogens with zero attached hydrogens (tertiary/aromatic N) is 3. The van der Waals surface area contributed by atoms with Crippen molar-refractivity contribution in [1.29, 1.82) is 0 Å². The largest absolute Gasteiger partial charge is 0.311 e. The lowest BCUT2D eigenvalue weighted by molar-refractivity contribution is 1.23. The Morgan fingerprint density at radius 3 is 1.69 bits per heavy atom. The summed E-state index contributed by atoms with van der Waals surface area (Å²) in [5, 5.41) is 2.49. The zero-order valence-electron chi connectivity index (χ0n) is 24.7. The fourth-order valence-electron chi connectivity index (χ4n) is 7.11. The molecule has 0 saturated heterocycles. The van der Waals surface area contributed by atoms with Crippen molar-refractivity contribution in [2.75, 3.05) is 9.80 Å². The molecule has 0 N–H and O–H groups in total. The minimum Gasteiger partial charge on any atom is -0.311 e. The minimum absolute atomic E-state index is 0.0927. The highest BCUT2D eigenvalue weighted by Crippen LogP contribution is 2.45. The van der Waals surface area contributed by atoms with Crippen LogP contribution < -0.4 is 26.2 Å². The third-order valence-corrected chi connectivity index (χ3v) is 9.07. The van der Waals surface area contributed by atoms with Gasteiger partial charge < -0.3 is 9.80 Å². The first-order chi connectivity index (χ1) is 20.4. The van der Waals surface area contributed by atoms with Gasteiger partial charge in [-0.25, -0.2) is 0 Å². The molecule has 5 aromatic carbocycles. The average molecular weight is 542 g/mol. The molecule has 6 aromatic rings. The van der Waals surface area contributed by atoms with E-state index in [9.17, 15) is 0 Å². The summed E-state index contributed by atoms with van der Waals surface area (Å²) >= 11 is 0. The third-order valence-electron chi connectivity index (χ3n) is 9.07. The van der Waals surface area contributed by atoms with Crippen molar-refractivity contribution in [3.63, 3.8) is 0 Å². The molecule has 0 fully saturated rings.